The van der Waals surface area contributed by atoms with E-state index in [-0.39, 0.29) is 0 Å². The molecule has 0 spiro atoms. The highest BCUT2D eigenvalue weighted by atomic mass is 32.2. The Balaban J connectivity index is 2.89. The Bertz CT molecular complexity index is 276. The normalized spacial score (nSPS) is 10.2. The molecule has 0 saturated heterocycles. The van der Waals surface area contributed by atoms with Crippen LogP contribution in [0.2, 0.25) is 0 Å². The van der Waals surface area contributed by atoms with Crippen molar-refractivity contribution in [1.82, 2.24) is 0 Å². The Hall–Kier alpha value is -0.900. The molecule has 0 heterocycles. The SMILES string of the molecule is O=Cc1ccccc1SC(F)F. The topological polar surface area (TPSA) is 17.1 Å². The first kappa shape index (κ1) is 9.19. The van der Waals surface area contributed by atoms with Gasteiger partial charge in [0.1, 0.15) is 0 Å². The summed E-state index contributed by atoms with van der Waals surface area (Å²) in [6.07, 6.45) is 0.574. The van der Waals surface area contributed by atoms with Crippen molar-refractivity contribution >= 4 is 18.0 Å². The summed E-state index contributed by atoms with van der Waals surface area (Å²) in [7, 11) is 0. The van der Waals surface area contributed by atoms with Gasteiger partial charge in [-0.05, 0) is 6.07 Å². The molecule has 64 valence electrons. The van der Waals surface area contributed by atoms with Gasteiger partial charge in [0.2, 0.25) is 0 Å². The first-order valence-corrected chi connectivity index (χ1v) is 4.11. The molecule has 0 fully saturated rings. The number of benzene rings is 1. The number of hydrogen-bond donors (Lipinski definition) is 0. The van der Waals surface area contributed by atoms with Crippen LogP contribution in [0.15, 0.2) is 29.2 Å². The quantitative estimate of drug-likeness (QED) is 0.536. The van der Waals surface area contributed by atoms with Crippen molar-refractivity contribution in [2.45, 2.75) is 10.7 Å². The second kappa shape index (κ2) is 4.21. The van der Waals surface area contributed by atoms with Gasteiger partial charge >= 0.3 is 0 Å². The van der Waals surface area contributed by atoms with E-state index < -0.39 is 5.76 Å². The molecule has 0 amide bonds. The molecule has 0 atom stereocenters. The Kier molecular flexibility index (Phi) is 3.22. The summed E-state index contributed by atoms with van der Waals surface area (Å²) in [5, 5.41) is 0. The highest BCUT2D eigenvalue weighted by molar-refractivity contribution is 7.99. The molecule has 0 saturated carbocycles. The summed E-state index contributed by atoms with van der Waals surface area (Å²) < 4.78 is 23.8. The maximum Gasteiger partial charge on any atom is 0.288 e. The summed E-state index contributed by atoms with van der Waals surface area (Å²) in [6.45, 7) is 0. The molecule has 1 aromatic rings. The molecule has 0 unspecified atom stereocenters. The molecule has 4 heteroatoms. The van der Waals surface area contributed by atoms with Crippen molar-refractivity contribution in [3.8, 4) is 0 Å². The van der Waals surface area contributed by atoms with Gasteiger partial charge in [-0.2, -0.15) is 8.78 Å². The minimum atomic E-state index is -2.48. The Morgan fingerprint density at radius 2 is 2.00 bits per heavy atom. The van der Waals surface area contributed by atoms with E-state index in [1.165, 1.54) is 12.1 Å². The molecule has 0 bridgehead atoms. The molecule has 1 aromatic carbocycles. The Labute approximate surface area is 72.8 Å². The maximum absolute atomic E-state index is 11.9. The van der Waals surface area contributed by atoms with Gasteiger partial charge in [-0.3, -0.25) is 4.79 Å². The number of halogens is 2. The molecule has 0 N–H and O–H groups in total. The third-order valence-corrected chi connectivity index (χ3v) is 2.07. The largest absolute Gasteiger partial charge is 0.298 e. The molecule has 1 rings (SSSR count). The molecular weight excluding hydrogens is 182 g/mol. The number of aldehydes is 1. The van der Waals surface area contributed by atoms with Crippen LogP contribution in [-0.4, -0.2) is 12.0 Å². The Morgan fingerprint density at radius 3 is 2.58 bits per heavy atom. The van der Waals surface area contributed by atoms with Crippen LogP contribution in [0.3, 0.4) is 0 Å². The zero-order valence-corrected chi connectivity index (χ0v) is 6.85. The molecule has 0 aromatic heterocycles. The summed E-state index contributed by atoms with van der Waals surface area (Å²) in [4.78, 5) is 10.7. The predicted octanol–water partition coefficient (Wildman–Crippen LogP) is 2.81. The standard InChI is InChI=1S/C8H6F2OS/c9-8(10)12-7-4-2-1-3-6(7)5-11/h1-5,8H. The number of thioether (sulfide) groups is 1. The third kappa shape index (κ3) is 2.30. The van der Waals surface area contributed by atoms with Crippen LogP contribution in [0.1, 0.15) is 10.4 Å². The van der Waals surface area contributed by atoms with Crippen LogP contribution in [0, 0.1) is 0 Å². The smallest absolute Gasteiger partial charge is 0.288 e. The van der Waals surface area contributed by atoms with Crippen LogP contribution in [0.25, 0.3) is 0 Å². The van der Waals surface area contributed by atoms with E-state index in [1.807, 2.05) is 0 Å². The van der Waals surface area contributed by atoms with Crippen LogP contribution in [0.5, 0.6) is 0 Å². The van der Waals surface area contributed by atoms with Crippen molar-refractivity contribution in [2.24, 2.45) is 0 Å². The van der Waals surface area contributed by atoms with Gasteiger partial charge in [0.05, 0.1) is 0 Å². The molecule has 1 nitrogen and oxygen atoms in total. The fourth-order valence-electron chi connectivity index (χ4n) is 0.781. The van der Waals surface area contributed by atoms with E-state index in [2.05, 4.69) is 0 Å². The van der Waals surface area contributed by atoms with E-state index in [1.54, 1.807) is 12.1 Å². The van der Waals surface area contributed by atoms with E-state index >= 15 is 0 Å². The minimum absolute atomic E-state index is 0.308. The van der Waals surface area contributed by atoms with Gasteiger partial charge < -0.3 is 0 Å². The summed E-state index contributed by atoms with van der Waals surface area (Å²) in [5.74, 6) is -2.48. The molecule has 0 aliphatic heterocycles. The van der Waals surface area contributed by atoms with Crippen LogP contribution < -0.4 is 0 Å². The van der Waals surface area contributed by atoms with Crippen LogP contribution in [0.4, 0.5) is 8.78 Å². The van der Waals surface area contributed by atoms with E-state index in [0.717, 1.165) is 0 Å². The number of carbonyl (C=O) groups excluding carboxylic acids is 1. The lowest BCUT2D eigenvalue weighted by atomic mass is 10.2. The fourth-order valence-corrected chi connectivity index (χ4v) is 1.38. The second-order valence-electron chi connectivity index (χ2n) is 2.03. The maximum atomic E-state index is 11.9. The number of alkyl halides is 2. The number of rotatable bonds is 3. The van der Waals surface area contributed by atoms with Crippen molar-refractivity contribution in [1.29, 1.82) is 0 Å². The molecule has 0 aliphatic rings. The van der Waals surface area contributed by atoms with Crippen molar-refractivity contribution in [2.75, 3.05) is 0 Å². The lowest BCUT2D eigenvalue weighted by Gasteiger charge is -2.01. The highest BCUT2D eigenvalue weighted by Gasteiger charge is 2.07. The average Bonchev–Trinajstić information content (AvgIpc) is 2.04. The minimum Gasteiger partial charge on any atom is -0.298 e. The highest BCUT2D eigenvalue weighted by Crippen LogP contribution is 2.27. The lowest BCUT2D eigenvalue weighted by molar-refractivity contribution is 0.112. The molecule has 0 aliphatic carbocycles. The average molecular weight is 188 g/mol. The van der Waals surface area contributed by atoms with Crippen molar-refractivity contribution in [3.05, 3.63) is 29.8 Å². The monoisotopic (exact) mass is 188 g/mol. The zero-order valence-electron chi connectivity index (χ0n) is 6.04. The second-order valence-corrected chi connectivity index (χ2v) is 3.07. The van der Waals surface area contributed by atoms with Crippen LogP contribution in [-0.2, 0) is 0 Å². The molecule has 0 radical (unpaired) electrons. The fraction of sp³-hybridized carbons (Fsp3) is 0.125. The van der Waals surface area contributed by atoms with Gasteiger partial charge in [0, 0.05) is 10.5 Å². The van der Waals surface area contributed by atoms with Gasteiger partial charge in [-0.25, -0.2) is 0 Å². The number of carbonyl (C=O) groups is 1. The van der Waals surface area contributed by atoms with Gasteiger partial charge in [0.25, 0.3) is 5.76 Å². The van der Waals surface area contributed by atoms with Gasteiger partial charge in [-0.15, -0.1) is 0 Å². The van der Waals surface area contributed by atoms with Gasteiger partial charge in [0.15, 0.2) is 6.29 Å². The first-order valence-electron chi connectivity index (χ1n) is 3.23. The summed E-state index contributed by atoms with van der Waals surface area (Å²) >= 11 is 0.385. The summed E-state index contributed by atoms with van der Waals surface area (Å²) in [6, 6.07) is 6.27. The molecular formula is C8H6F2OS. The lowest BCUT2D eigenvalue weighted by Crippen LogP contribution is -1.87. The molecule has 12 heavy (non-hydrogen) atoms. The number of hydrogen-bond acceptors (Lipinski definition) is 2. The van der Waals surface area contributed by atoms with E-state index in [0.29, 0.717) is 28.5 Å². The third-order valence-electron chi connectivity index (χ3n) is 1.26. The zero-order chi connectivity index (χ0) is 8.97. The first-order chi connectivity index (χ1) is 5.74. The van der Waals surface area contributed by atoms with E-state index in [4.69, 9.17) is 0 Å². The van der Waals surface area contributed by atoms with Crippen molar-refractivity contribution < 1.29 is 13.6 Å². The predicted molar refractivity (Wildman–Crippen MR) is 43.7 cm³/mol. The Morgan fingerprint density at radius 1 is 1.33 bits per heavy atom. The van der Waals surface area contributed by atoms with Gasteiger partial charge in [-0.1, -0.05) is 30.0 Å². The van der Waals surface area contributed by atoms with Crippen molar-refractivity contribution in [3.63, 3.8) is 0 Å². The summed E-state index contributed by atoms with van der Waals surface area (Å²) in [5.41, 5.74) is 0.308. The van der Waals surface area contributed by atoms with Crippen LogP contribution >= 0.6 is 11.8 Å². The van der Waals surface area contributed by atoms with E-state index in [9.17, 15) is 13.6 Å².